The second-order valence-corrected chi connectivity index (χ2v) is 6.29. The minimum Gasteiger partial charge on any atom is -0.481 e. The Kier molecular flexibility index (Phi) is 5.24. The molecule has 2 unspecified atom stereocenters. The zero-order valence-corrected chi connectivity index (χ0v) is 14.6. The van der Waals surface area contributed by atoms with Crippen molar-refractivity contribution < 1.29 is 14.3 Å². The number of nitrogens with one attached hydrogen (secondary N) is 1. The lowest BCUT2D eigenvalue weighted by atomic mass is 10.0. The molecule has 0 bridgehead atoms. The van der Waals surface area contributed by atoms with E-state index in [0.717, 1.165) is 5.56 Å². The third-order valence-corrected chi connectivity index (χ3v) is 4.34. The first kappa shape index (κ1) is 17.3. The second-order valence-electron chi connectivity index (χ2n) is 5.85. The molecule has 2 aromatic rings. The standard InChI is InChI=1S/C19H19ClN2O3/c1-13(25-16-9-7-15(20)8-10-16)19(24)22-12-11-21-18(23)17(22)14-5-3-2-4-6-14/h2-10,13,17H,11-12H2,1H3,(H,21,23). The Labute approximate surface area is 151 Å². The molecule has 1 fully saturated rings. The second kappa shape index (κ2) is 7.57. The fraction of sp³-hybridized carbons (Fsp3) is 0.263. The molecule has 0 aliphatic carbocycles. The molecule has 25 heavy (non-hydrogen) atoms. The normalized spacial score (nSPS) is 18.4. The number of carbonyl (C=O) groups is 2. The van der Waals surface area contributed by atoms with E-state index in [2.05, 4.69) is 5.32 Å². The molecule has 1 aliphatic rings. The van der Waals surface area contributed by atoms with Crippen molar-refractivity contribution in [2.45, 2.75) is 19.1 Å². The molecule has 1 saturated heterocycles. The minimum absolute atomic E-state index is 0.176. The molecule has 2 atom stereocenters. The lowest BCUT2D eigenvalue weighted by molar-refractivity contribution is -0.148. The van der Waals surface area contributed by atoms with Crippen molar-refractivity contribution in [2.75, 3.05) is 13.1 Å². The monoisotopic (exact) mass is 358 g/mol. The van der Waals surface area contributed by atoms with Gasteiger partial charge in [0.25, 0.3) is 5.91 Å². The van der Waals surface area contributed by atoms with Gasteiger partial charge in [0.15, 0.2) is 6.10 Å². The van der Waals surface area contributed by atoms with Gasteiger partial charge in [0.05, 0.1) is 0 Å². The summed E-state index contributed by atoms with van der Waals surface area (Å²) in [5.41, 5.74) is 0.784. The van der Waals surface area contributed by atoms with Crippen LogP contribution in [0.15, 0.2) is 54.6 Å². The van der Waals surface area contributed by atoms with Crippen molar-refractivity contribution in [2.24, 2.45) is 0 Å². The summed E-state index contributed by atoms with van der Waals surface area (Å²) < 4.78 is 5.72. The van der Waals surface area contributed by atoms with Crippen LogP contribution in [-0.2, 0) is 9.59 Å². The molecular weight excluding hydrogens is 340 g/mol. The maximum Gasteiger partial charge on any atom is 0.264 e. The van der Waals surface area contributed by atoms with Gasteiger partial charge in [-0.3, -0.25) is 9.59 Å². The van der Waals surface area contributed by atoms with Crippen molar-refractivity contribution in [1.82, 2.24) is 10.2 Å². The highest BCUT2D eigenvalue weighted by atomic mass is 35.5. The van der Waals surface area contributed by atoms with Gasteiger partial charge < -0.3 is 15.0 Å². The number of carbonyl (C=O) groups excluding carboxylic acids is 2. The summed E-state index contributed by atoms with van der Waals surface area (Å²) in [6.07, 6.45) is -0.710. The van der Waals surface area contributed by atoms with E-state index in [1.54, 1.807) is 36.1 Å². The van der Waals surface area contributed by atoms with Gasteiger partial charge in [-0.15, -0.1) is 0 Å². The molecule has 130 valence electrons. The molecule has 0 spiro atoms. The van der Waals surface area contributed by atoms with Crippen LogP contribution in [0.3, 0.4) is 0 Å². The van der Waals surface area contributed by atoms with Crippen molar-refractivity contribution >= 4 is 23.4 Å². The Morgan fingerprint density at radius 1 is 1.20 bits per heavy atom. The van der Waals surface area contributed by atoms with Gasteiger partial charge in [0.1, 0.15) is 11.8 Å². The van der Waals surface area contributed by atoms with Crippen molar-refractivity contribution in [3.05, 3.63) is 65.2 Å². The molecule has 1 heterocycles. The molecule has 2 amide bonds. The topological polar surface area (TPSA) is 58.6 Å². The van der Waals surface area contributed by atoms with E-state index in [1.165, 1.54) is 0 Å². The molecule has 0 saturated carbocycles. The fourth-order valence-electron chi connectivity index (χ4n) is 2.87. The summed E-state index contributed by atoms with van der Waals surface area (Å²) in [4.78, 5) is 26.8. The molecule has 3 rings (SSSR count). The smallest absolute Gasteiger partial charge is 0.264 e. The Morgan fingerprint density at radius 3 is 2.56 bits per heavy atom. The zero-order chi connectivity index (χ0) is 17.8. The maximum atomic E-state index is 12.9. The summed E-state index contributed by atoms with van der Waals surface area (Å²) in [6, 6.07) is 15.5. The van der Waals surface area contributed by atoms with E-state index in [0.29, 0.717) is 23.9 Å². The Bertz CT molecular complexity index is 749. The van der Waals surface area contributed by atoms with Gasteiger partial charge in [0, 0.05) is 18.1 Å². The summed E-state index contributed by atoms with van der Waals surface area (Å²) >= 11 is 5.86. The SMILES string of the molecule is CC(Oc1ccc(Cl)cc1)C(=O)N1CCNC(=O)C1c1ccccc1. The molecule has 2 aromatic carbocycles. The zero-order valence-electron chi connectivity index (χ0n) is 13.8. The molecule has 0 aromatic heterocycles. The van der Waals surface area contributed by atoms with Crippen molar-refractivity contribution in [3.8, 4) is 5.75 Å². The van der Waals surface area contributed by atoms with Gasteiger partial charge in [-0.05, 0) is 36.8 Å². The van der Waals surface area contributed by atoms with Crippen LogP contribution in [0.5, 0.6) is 5.75 Å². The van der Waals surface area contributed by atoms with E-state index in [4.69, 9.17) is 16.3 Å². The van der Waals surface area contributed by atoms with Gasteiger partial charge in [-0.25, -0.2) is 0 Å². The lowest BCUT2D eigenvalue weighted by Gasteiger charge is -2.36. The van der Waals surface area contributed by atoms with E-state index < -0.39 is 12.1 Å². The van der Waals surface area contributed by atoms with Gasteiger partial charge in [-0.1, -0.05) is 41.9 Å². The number of piperazine rings is 1. The highest BCUT2D eigenvalue weighted by molar-refractivity contribution is 6.30. The Morgan fingerprint density at radius 2 is 1.88 bits per heavy atom. The number of ether oxygens (including phenoxy) is 1. The number of amides is 2. The summed E-state index contributed by atoms with van der Waals surface area (Å²) in [6.45, 7) is 2.56. The highest BCUT2D eigenvalue weighted by Gasteiger charge is 2.36. The Hall–Kier alpha value is -2.53. The molecule has 1 aliphatic heterocycles. The van der Waals surface area contributed by atoms with Crippen molar-refractivity contribution in [3.63, 3.8) is 0 Å². The molecular formula is C19H19ClN2O3. The first-order chi connectivity index (χ1) is 12.1. The van der Waals surface area contributed by atoms with Crippen LogP contribution < -0.4 is 10.1 Å². The van der Waals surface area contributed by atoms with Crippen LogP contribution in [-0.4, -0.2) is 35.9 Å². The van der Waals surface area contributed by atoms with Crippen LogP contribution in [0.25, 0.3) is 0 Å². The minimum atomic E-state index is -0.710. The predicted octanol–water partition coefficient (Wildman–Crippen LogP) is 2.81. The highest BCUT2D eigenvalue weighted by Crippen LogP contribution is 2.25. The first-order valence-corrected chi connectivity index (χ1v) is 8.49. The number of nitrogens with zero attached hydrogens (tertiary/aromatic N) is 1. The lowest BCUT2D eigenvalue weighted by Crippen LogP contribution is -2.54. The van der Waals surface area contributed by atoms with Crippen LogP contribution >= 0.6 is 11.6 Å². The molecule has 0 radical (unpaired) electrons. The van der Waals surface area contributed by atoms with Crippen LogP contribution in [0.4, 0.5) is 0 Å². The van der Waals surface area contributed by atoms with Gasteiger partial charge in [-0.2, -0.15) is 0 Å². The number of benzene rings is 2. The molecule has 5 nitrogen and oxygen atoms in total. The average molecular weight is 359 g/mol. The third kappa shape index (κ3) is 3.94. The summed E-state index contributed by atoms with van der Waals surface area (Å²) in [5, 5.41) is 3.42. The van der Waals surface area contributed by atoms with E-state index >= 15 is 0 Å². The van der Waals surface area contributed by atoms with Crippen LogP contribution in [0, 0.1) is 0 Å². The third-order valence-electron chi connectivity index (χ3n) is 4.08. The number of rotatable bonds is 4. The molecule has 6 heteroatoms. The van der Waals surface area contributed by atoms with Gasteiger partial charge >= 0.3 is 0 Å². The average Bonchev–Trinajstić information content (AvgIpc) is 2.63. The number of hydrogen-bond donors (Lipinski definition) is 1. The maximum absolute atomic E-state index is 12.9. The van der Waals surface area contributed by atoms with E-state index in [1.807, 2.05) is 30.3 Å². The number of halogens is 1. The quantitative estimate of drug-likeness (QED) is 0.914. The van der Waals surface area contributed by atoms with Crippen LogP contribution in [0.1, 0.15) is 18.5 Å². The fourth-order valence-corrected chi connectivity index (χ4v) is 3.00. The Balaban J connectivity index is 1.78. The van der Waals surface area contributed by atoms with E-state index in [-0.39, 0.29) is 11.8 Å². The first-order valence-electron chi connectivity index (χ1n) is 8.11. The summed E-state index contributed by atoms with van der Waals surface area (Å²) in [5.74, 6) is 0.158. The van der Waals surface area contributed by atoms with Crippen molar-refractivity contribution in [1.29, 1.82) is 0 Å². The summed E-state index contributed by atoms with van der Waals surface area (Å²) in [7, 11) is 0. The number of hydrogen-bond acceptors (Lipinski definition) is 3. The largest absolute Gasteiger partial charge is 0.481 e. The van der Waals surface area contributed by atoms with Gasteiger partial charge in [0.2, 0.25) is 5.91 Å². The molecule has 1 N–H and O–H groups in total. The van der Waals surface area contributed by atoms with Crippen LogP contribution in [0.2, 0.25) is 5.02 Å². The van der Waals surface area contributed by atoms with E-state index in [9.17, 15) is 9.59 Å². The predicted molar refractivity (Wildman–Crippen MR) is 95.4 cm³/mol.